The number of carboxylic acid groups (broad SMARTS) is 1. The lowest BCUT2D eigenvalue weighted by atomic mass is 10.0. The molecule has 0 radical (unpaired) electrons. The summed E-state index contributed by atoms with van der Waals surface area (Å²) in [6, 6.07) is 6.77. The maximum Gasteiger partial charge on any atom is 0.326 e. The quantitative estimate of drug-likeness (QED) is 0.576. The molecule has 160 valence electrons. The largest absolute Gasteiger partial charge is 0.480 e. The highest BCUT2D eigenvalue weighted by Gasteiger charge is 2.42. The Morgan fingerprint density at radius 2 is 1.93 bits per heavy atom. The van der Waals surface area contributed by atoms with Crippen molar-refractivity contribution in [1.29, 1.82) is 0 Å². The Labute approximate surface area is 176 Å². The number of esters is 1. The topological polar surface area (TPSA) is 113 Å². The first-order chi connectivity index (χ1) is 13.3. The molecule has 1 aromatic carbocycles. The zero-order chi connectivity index (χ0) is 20.7. The van der Waals surface area contributed by atoms with Crippen molar-refractivity contribution in [3.63, 3.8) is 0 Å². The highest BCUT2D eigenvalue weighted by Crippen LogP contribution is 2.20. The number of aryl methyl sites for hydroxylation is 1. The van der Waals surface area contributed by atoms with E-state index in [1.807, 2.05) is 30.3 Å². The predicted molar refractivity (Wildman–Crippen MR) is 108 cm³/mol. The fourth-order valence-electron chi connectivity index (χ4n) is 3.24. The van der Waals surface area contributed by atoms with Crippen LogP contribution in [0.3, 0.4) is 0 Å². The SMILES string of the molecule is CCOC(=O)C(CCc1ccccc1)NC(C)C(=O)N1C(=O)CCC1C(=O)O.Cl. The maximum atomic E-state index is 12.7. The zero-order valence-electron chi connectivity index (χ0n) is 16.5. The first kappa shape index (κ1) is 24.6. The molecule has 3 atom stereocenters. The number of imide groups is 1. The van der Waals surface area contributed by atoms with E-state index in [-0.39, 0.29) is 31.9 Å². The van der Waals surface area contributed by atoms with E-state index in [0.29, 0.717) is 12.8 Å². The molecule has 8 nitrogen and oxygen atoms in total. The highest BCUT2D eigenvalue weighted by atomic mass is 35.5. The van der Waals surface area contributed by atoms with Crippen LogP contribution < -0.4 is 5.32 Å². The van der Waals surface area contributed by atoms with Gasteiger partial charge in [-0.05, 0) is 38.7 Å². The molecule has 0 aromatic heterocycles. The molecular weight excluding hydrogens is 400 g/mol. The Morgan fingerprint density at radius 3 is 2.52 bits per heavy atom. The third-order valence-electron chi connectivity index (χ3n) is 4.69. The number of benzene rings is 1. The van der Waals surface area contributed by atoms with Crippen molar-refractivity contribution < 1.29 is 29.0 Å². The molecule has 1 fully saturated rings. The normalized spacial score (nSPS) is 17.9. The number of hydrogen-bond donors (Lipinski definition) is 2. The molecule has 29 heavy (non-hydrogen) atoms. The molecule has 3 unspecified atom stereocenters. The van der Waals surface area contributed by atoms with Gasteiger partial charge in [0.2, 0.25) is 11.8 Å². The van der Waals surface area contributed by atoms with E-state index in [9.17, 15) is 24.3 Å². The lowest BCUT2D eigenvalue weighted by Gasteiger charge is -2.26. The Bertz CT molecular complexity index is 727. The fourth-order valence-corrected chi connectivity index (χ4v) is 3.24. The van der Waals surface area contributed by atoms with Gasteiger partial charge in [0, 0.05) is 6.42 Å². The maximum absolute atomic E-state index is 12.7. The fraction of sp³-hybridized carbons (Fsp3) is 0.500. The number of carbonyl (C=O) groups excluding carboxylic acids is 3. The van der Waals surface area contributed by atoms with Gasteiger partial charge >= 0.3 is 11.9 Å². The number of nitrogens with zero attached hydrogens (tertiary/aromatic N) is 1. The van der Waals surface area contributed by atoms with E-state index in [4.69, 9.17) is 4.74 Å². The number of nitrogens with one attached hydrogen (secondary N) is 1. The summed E-state index contributed by atoms with van der Waals surface area (Å²) in [5, 5.41) is 12.2. The molecule has 9 heteroatoms. The third-order valence-corrected chi connectivity index (χ3v) is 4.69. The van der Waals surface area contributed by atoms with Crippen LogP contribution in [0.4, 0.5) is 0 Å². The zero-order valence-corrected chi connectivity index (χ0v) is 17.3. The van der Waals surface area contributed by atoms with Crippen LogP contribution in [0.2, 0.25) is 0 Å². The van der Waals surface area contributed by atoms with E-state index in [1.54, 1.807) is 6.92 Å². The summed E-state index contributed by atoms with van der Waals surface area (Å²) in [6.45, 7) is 3.42. The van der Waals surface area contributed by atoms with E-state index < -0.39 is 41.9 Å². The lowest BCUT2D eigenvalue weighted by molar-refractivity contribution is -0.155. The lowest BCUT2D eigenvalue weighted by Crippen LogP contribution is -2.54. The summed E-state index contributed by atoms with van der Waals surface area (Å²) < 4.78 is 5.09. The Hall–Kier alpha value is -2.45. The second-order valence-corrected chi connectivity index (χ2v) is 6.71. The summed E-state index contributed by atoms with van der Waals surface area (Å²) >= 11 is 0. The second-order valence-electron chi connectivity index (χ2n) is 6.71. The van der Waals surface area contributed by atoms with Gasteiger partial charge in [0.05, 0.1) is 12.6 Å². The first-order valence-electron chi connectivity index (χ1n) is 9.40. The summed E-state index contributed by atoms with van der Waals surface area (Å²) in [5.74, 6) is -2.86. The molecule has 2 amide bonds. The number of amides is 2. The van der Waals surface area contributed by atoms with E-state index >= 15 is 0 Å². The van der Waals surface area contributed by atoms with Crippen LogP contribution in [0.5, 0.6) is 0 Å². The number of aliphatic carboxylic acids is 1. The van der Waals surface area contributed by atoms with Crippen LogP contribution in [0, 0.1) is 0 Å². The van der Waals surface area contributed by atoms with Crippen molar-refractivity contribution >= 4 is 36.2 Å². The van der Waals surface area contributed by atoms with Gasteiger partial charge in [0.15, 0.2) is 0 Å². The Morgan fingerprint density at radius 1 is 1.28 bits per heavy atom. The molecule has 0 bridgehead atoms. The van der Waals surface area contributed by atoms with Crippen molar-refractivity contribution in [1.82, 2.24) is 10.2 Å². The van der Waals surface area contributed by atoms with Gasteiger partial charge in [-0.3, -0.25) is 24.6 Å². The van der Waals surface area contributed by atoms with Crippen LogP contribution in [-0.4, -0.2) is 58.5 Å². The standard InChI is InChI=1S/C20H26N2O6.ClH/c1-3-28-20(27)15(10-9-14-7-5-4-6-8-14)21-13(2)18(24)22-16(19(25)26)11-12-17(22)23;/h4-8,13,15-16,21H,3,9-12H2,1-2H3,(H,25,26);1H. The van der Waals surface area contributed by atoms with E-state index in [2.05, 4.69) is 5.32 Å². The van der Waals surface area contributed by atoms with Gasteiger partial charge in [-0.2, -0.15) is 0 Å². The van der Waals surface area contributed by atoms with Gasteiger partial charge in [-0.1, -0.05) is 30.3 Å². The molecule has 1 aromatic rings. The van der Waals surface area contributed by atoms with Crippen LogP contribution in [0.25, 0.3) is 0 Å². The summed E-state index contributed by atoms with van der Waals surface area (Å²) in [5.41, 5.74) is 1.04. The Kier molecular flexibility index (Phi) is 9.77. The molecule has 2 rings (SSSR count). The van der Waals surface area contributed by atoms with Gasteiger partial charge in [0.25, 0.3) is 0 Å². The van der Waals surface area contributed by atoms with Crippen LogP contribution in [0.15, 0.2) is 30.3 Å². The number of carboxylic acids is 1. The molecule has 1 heterocycles. The van der Waals surface area contributed by atoms with Crippen LogP contribution in [0.1, 0.15) is 38.7 Å². The number of rotatable bonds is 9. The molecule has 2 N–H and O–H groups in total. The van der Waals surface area contributed by atoms with Gasteiger partial charge in [-0.15, -0.1) is 12.4 Å². The molecular formula is C20H27ClN2O6. The smallest absolute Gasteiger partial charge is 0.326 e. The molecule has 0 aliphatic carbocycles. The minimum atomic E-state index is -1.21. The van der Waals surface area contributed by atoms with Crippen molar-refractivity contribution in [2.24, 2.45) is 0 Å². The van der Waals surface area contributed by atoms with Gasteiger partial charge < -0.3 is 9.84 Å². The number of carbonyl (C=O) groups is 4. The van der Waals surface area contributed by atoms with Crippen molar-refractivity contribution in [2.45, 2.75) is 57.7 Å². The van der Waals surface area contributed by atoms with E-state index in [0.717, 1.165) is 10.5 Å². The minimum absolute atomic E-state index is 0. The van der Waals surface area contributed by atoms with Crippen molar-refractivity contribution in [2.75, 3.05) is 6.61 Å². The van der Waals surface area contributed by atoms with Gasteiger partial charge in [-0.25, -0.2) is 4.79 Å². The number of hydrogen-bond acceptors (Lipinski definition) is 6. The molecule has 1 aliphatic heterocycles. The number of likely N-dealkylation sites (tertiary alicyclic amines) is 1. The predicted octanol–water partition coefficient (Wildman–Crippen LogP) is 1.55. The molecule has 1 aliphatic rings. The molecule has 1 saturated heterocycles. The number of halogens is 1. The van der Waals surface area contributed by atoms with Crippen molar-refractivity contribution in [3.8, 4) is 0 Å². The Balaban J connectivity index is 0.00000420. The summed E-state index contributed by atoms with van der Waals surface area (Å²) in [4.78, 5) is 49.1. The second kappa shape index (κ2) is 11.5. The summed E-state index contributed by atoms with van der Waals surface area (Å²) in [6.07, 6.45) is 1.11. The highest BCUT2D eigenvalue weighted by molar-refractivity contribution is 6.03. The monoisotopic (exact) mass is 426 g/mol. The average molecular weight is 427 g/mol. The van der Waals surface area contributed by atoms with Crippen LogP contribution >= 0.6 is 12.4 Å². The van der Waals surface area contributed by atoms with E-state index in [1.165, 1.54) is 6.92 Å². The molecule has 0 saturated carbocycles. The third kappa shape index (κ3) is 6.54. The van der Waals surface area contributed by atoms with Gasteiger partial charge in [0.1, 0.15) is 12.1 Å². The molecule has 0 spiro atoms. The average Bonchev–Trinajstić information content (AvgIpc) is 3.07. The first-order valence-corrected chi connectivity index (χ1v) is 9.40. The number of ether oxygens (including phenoxy) is 1. The van der Waals surface area contributed by atoms with Crippen LogP contribution in [-0.2, 0) is 30.3 Å². The van der Waals surface area contributed by atoms with Crippen molar-refractivity contribution in [3.05, 3.63) is 35.9 Å². The summed E-state index contributed by atoms with van der Waals surface area (Å²) in [7, 11) is 0. The minimum Gasteiger partial charge on any atom is -0.480 e.